The Labute approximate surface area is 226 Å². The Bertz CT molecular complexity index is 1100. The van der Waals surface area contributed by atoms with Crippen LogP contribution in [0.3, 0.4) is 0 Å². The first-order valence-electron chi connectivity index (χ1n) is 12.5. The summed E-state index contributed by atoms with van der Waals surface area (Å²) >= 11 is 18.7. The molecule has 192 valence electrons. The smallest absolute Gasteiger partial charge is 0.256 e. The fourth-order valence-electron chi connectivity index (χ4n) is 5.67. The number of carbonyl (C=O) groups excluding carboxylic acids is 2. The van der Waals surface area contributed by atoms with Gasteiger partial charge in [-0.1, -0.05) is 65.1 Å². The van der Waals surface area contributed by atoms with Crippen LogP contribution in [-0.2, 0) is 9.53 Å². The number of hydrogen-bond acceptors (Lipinski definition) is 4. The van der Waals surface area contributed by atoms with Crippen LogP contribution in [0, 0.1) is 17.8 Å². The first-order chi connectivity index (χ1) is 17.4. The summed E-state index contributed by atoms with van der Waals surface area (Å²) in [5.74, 6) is 0.674. The Balaban J connectivity index is 1.17. The zero-order chi connectivity index (χ0) is 25.2. The Morgan fingerprint density at radius 1 is 0.972 bits per heavy atom. The van der Waals surface area contributed by atoms with E-state index in [0.29, 0.717) is 48.2 Å². The zero-order valence-corrected chi connectivity index (χ0v) is 22.2. The molecule has 4 atom stereocenters. The third-order valence-electron chi connectivity index (χ3n) is 7.66. The second kappa shape index (κ2) is 11.3. The average molecular weight is 551 g/mol. The highest BCUT2D eigenvalue weighted by Gasteiger charge is 2.42. The molecular weight excluding hydrogens is 521 g/mol. The molecule has 3 aliphatic heterocycles. The minimum Gasteiger partial charge on any atom is -0.381 e. The largest absolute Gasteiger partial charge is 0.381 e. The summed E-state index contributed by atoms with van der Waals surface area (Å²) in [7, 11) is 0. The average Bonchev–Trinajstić information content (AvgIpc) is 3.62. The summed E-state index contributed by atoms with van der Waals surface area (Å²) in [6.45, 7) is 5.26. The molecule has 6 nitrogen and oxygen atoms in total. The van der Waals surface area contributed by atoms with E-state index in [9.17, 15) is 9.59 Å². The summed E-state index contributed by atoms with van der Waals surface area (Å²) in [5.41, 5.74) is 1.41. The van der Waals surface area contributed by atoms with Crippen LogP contribution < -0.4 is 5.32 Å². The van der Waals surface area contributed by atoms with Crippen molar-refractivity contribution in [3.8, 4) is 0 Å². The number of nitrogens with one attached hydrogen (secondary N) is 1. The van der Waals surface area contributed by atoms with E-state index in [1.807, 2.05) is 23.1 Å². The lowest BCUT2D eigenvalue weighted by atomic mass is 10.0. The lowest BCUT2D eigenvalue weighted by Crippen LogP contribution is -2.37. The predicted octanol–water partition coefficient (Wildman–Crippen LogP) is 4.93. The maximum Gasteiger partial charge on any atom is 0.256 e. The minimum atomic E-state index is -0.156. The minimum absolute atomic E-state index is 0.0371. The van der Waals surface area contributed by atoms with E-state index in [-0.39, 0.29) is 34.4 Å². The van der Waals surface area contributed by atoms with E-state index in [0.717, 1.165) is 38.0 Å². The second-order valence-corrected chi connectivity index (χ2v) is 11.2. The Kier molecular flexibility index (Phi) is 8.08. The van der Waals surface area contributed by atoms with E-state index in [1.54, 1.807) is 12.1 Å². The summed E-state index contributed by atoms with van der Waals surface area (Å²) in [4.78, 5) is 30.3. The van der Waals surface area contributed by atoms with Crippen LogP contribution in [-0.4, -0.2) is 67.6 Å². The van der Waals surface area contributed by atoms with Gasteiger partial charge in [0.15, 0.2) is 0 Å². The molecule has 3 heterocycles. The molecule has 36 heavy (non-hydrogen) atoms. The molecule has 2 aromatic carbocycles. The van der Waals surface area contributed by atoms with E-state index in [4.69, 9.17) is 39.5 Å². The second-order valence-electron chi connectivity index (χ2n) is 10.0. The van der Waals surface area contributed by atoms with E-state index in [1.165, 1.54) is 0 Å². The number of fused-ring (bicyclic) bond motifs is 1. The van der Waals surface area contributed by atoms with Crippen LogP contribution in [0.2, 0.25) is 15.1 Å². The molecule has 0 aromatic heterocycles. The number of likely N-dealkylation sites (tertiary alicyclic amines) is 2. The zero-order valence-electron chi connectivity index (χ0n) is 20.0. The SMILES string of the molecule is O=C(N[C@@H](CCN1CC2CN(C(=O)c3c(Cl)ccc(Cl)c3Cl)CC2C1)c1ccccc1)C1CCOC1. The van der Waals surface area contributed by atoms with Crippen LogP contribution in [0.25, 0.3) is 0 Å². The Morgan fingerprint density at radius 2 is 1.67 bits per heavy atom. The molecule has 0 spiro atoms. The normalized spacial score (nSPS) is 24.6. The predicted molar refractivity (Wildman–Crippen MR) is 142 cm³/mol. The van der Waals surface area contributed by atoms with Gasteiger partial charge >= 0.3 is 0 Å². The molecule has 0 radical (unpaired) electrons. The summed E-state index contributed by atoms with van der Waals surface area (Å²) in [5, 5.41) is 4.14. The lowest BCUT2D eigenvalue weighted by Gasteiger charge is -2.26. The summed E-state index contributed by atoms with van der Waals surface area (Å²) < 4.78 is 5.40. The number of rotatable bonds is 7. The van der Waals surface area contributed by atoms with Gasteiger partial charge in [0.2, 0.25) is 5.91 Å². The molecule has 9 heteroatoms. The van der Waals surface area contributed by atoms with Gasteiger partial charge in [0, 0.05) is 39.3 Å². The molecule has 2 aromatic rings. The number of nitrogens with zero attached hydrogens (tertiary/aromatic N) is 2. The highest BCUT2D eigenvalue weighted by atomic mass is 35.5. The molecular formula is C27H30Cl3N3O3. The van der Waals surface area contributed by atoms with E-state index < -0.39 is 0 Å². The van der Waals surface area contributed by atoms with Crippen molar-refractivity contribution >= 4 is 46.6 Å². The molecule has 0 bridgehead atoms. The molecule has 2 amide bonds. The fourth-order valence-corrected chi connectivity index (χ4v) is 6.36. The first kappa shape index (κ1) is 25.8. The number of carbonyl (C=O) groups is 2. The van der Waals surface area contributed by atoms with Crippen LogP contribution in [0.15, 0.2) is 42.5 Å². The Hall–Kier alpha value is -1.83. The van der Waals surface area contributed by atoms with Crippen LogP contribution >= 0.6 is 34.8 Å². The van der Waals surface area contributed by atoms with Gasteiger partial charge in [0.25, 0.3) is 5.91 Å². The van der Waals surface area contributed by atoms with Crippen molar-refractivity contribution in [2.75, 3.05) is 45.9 Å². The number of benzene rings is 2. The van der Waals surface area contributed by atoms with Gasteiger partial charge < -0.3 is 19.9 Å². The van der Waals surface area contributed by atoms with Gasteiger partial charge in [-0.15, -0.1) is 0 Å². The Morgan fingerprint density at radius 3 is 2.33 bits per heavy atom. The highest BCUT2D eigenvalue weighted by Crippen LogP contribution is 2.36. The maximum atomic E-state index is 13.2. The molecule has 0 aliphatic carbocycles. The number of ether oxygens (including phenoxy) is 1. The van der Waals surface area contributed by atoms with Gasteiger partial charge in [0.05, 0.1) is 39.2 Å². The first-order valence-corrected chi connectivity index (χ1v) is 13.6. The topological polar surface area (TPSA) is 61.9 Å². The summed E-state index contributed by atoms with van der Waals surface area (Å²) in [6, 6.07) is 13.3. The fraction of sp³-hybridized carbons (Fsp3) is 0.481. The molecule has 3 unspecified atom stereocenters. The van der Waals surface area contributed by atoms with Crippen LogP contribution in [0.1, 0.15) is 34.8 Å². The van der Waals surface area contributed by atoms with Crippen molar-refractivity contribution in [3.63, 3.8) is 0 Å². The number of halogens is 3. The molecule has 5 rings (SSSR count). The van der Waals surface area contributed by atoms with Crippen molar-refractivity contribution in [1.82, 2.24) is 15.1 Å². The van der Waals surface area contributed by atoms with Gasteiger partial charge in [-0.05, 0) is 42.4 Å². The van der Waals surface area contributed by atoms with Gasteiger partial charge in [-0.3, -0.25) is 9.59 Å². The number of hydrogen-bond donors (Lipinski definition) is 1. The summed E-state index contributed by atoms with van der Waals surface area (Å²) in [6.07, 6.45) is 1.61. The lowest BCUT2D eigenvalue weighted by molar-refractivity contribution is -0.125. The van der Waals surface area contributed by atoms with Gasteiger partial charge in [-0.25, -0.2) is 0 Å². The van der Waals surface area contributed by atoms with Crippen molar-refractivity contribution in [2.45, 2.75) is 18.9 Å². The van der Waals surface area contributed by atoms with Gasteiger partial charge in [-0.2, -0.15) is 0 Å². The van der Waals surface area contributed by atoms with E-state index >= 15 is 0 Å². The monoisotopic (exact) mass is 549 g/mol. The molecule has 1 N–H and O–H groups in total. The van der Waals surface area contributed by atoms with Gasteiger partial charge in [0.1, 0.15) is 0 Å². The molecule has 3 saturated heterocycles. The van der Waals surface area contributed by atoms with Crippen molar-refractivity contribution in [2.24, 2.45) is 17.8 Å². The van der Waals surface area contributed by atoms with Crippen LogP contribution in [0.4, 0.5) is 0 Å². The standard InChI is InChI=1S/C27H30Cl3N3O3/c28-21-6-7-22(29)25(30)24(21)27(35)33-14-19-12-32(13-20(19)15-33)10-8-23(17-4-2-1-3-5-17)31-26(34)18-9-11-36-16-18/h1-7,18-20,23H,8-16H2,(H,31,34)/t18?,19?,20?,23-/m0/s1. The third-order valence-corrected chi connectivity index (χ3v) is 8.78. The number of amides is 2. The van der Waals surface area contributed by atoms with Crippen molar-refractivity contribution < 1.29 is 14.3 Å². The van der Waals surface area contributed by atoms with E-state index in [2.05, 4.69) is 22.3 Å². The maximum absolute atomic E-state index is 13.2. The molecule has 0 saturated carbocycles. The van der Waals surface area contributed by atoms with Crippen LogP contribution in [0.5, 0.6) is 0 Å². The quantitative estimate of drug-likeness (QED) is 0.497. The highest BCUT2D eigenvalue weighted by molar-refractivity contribution is 6.46. The molecule has 3 aliphatic rings. The molecule has 3 fully saturated rings. The van der Waals surface area contributed by atoms with Crippen molar-refractivity contribution in [1.29, 1.82) is 0 Å². The van der Waals surface area contributed by atoms with Crippen molar-refractivity contribution in [3.05, 3.63) is 68.7 Å². The third kappa shape index (κ3) is 5.53.